The first-order valence-electron chi connectivity index (χ1n) is 8.71. The van der Waals surface area contributed by atoms with Gasteiger partial charge >= 0.3 is 0 Å². The van der Waals surface area contributed by atoms with Crippen molar-refractivity contribution < 1.29 is 9.84 Å². The van der Waals surface area contributed by atoms with E-state index in [0.29, 0.717) is 11.5 Å². The Bertz CT molecular complexity index is 311. The Morgan fingerprint density at radius 2 is 2.24 bits per heavy atom. The van der Waals surface area contributed by atoms with Crippen molar-refractivity contribution in [1.29, 1.82) is 0 Å². The van der Waals surface area contributed by atoms with Crippen LogP contribution in [0.5, 0.6) is 0 Å². The molecule has 1 aliphatic carbocycles. The molecule has 1 saturated carbocycles. The van der Waals surface area contributed by atoms with Crippen LogP contribution in [0.2, 0.25) is 0 Å². The van der Waals surface area contributed by atoms with E-state index in [-0.39, 0.29) is 12.7 Å². The quantitative estimate of drug-likeness (QED) is 0.786. The number of nitrogens with one attached hydrogen (secondary N) is 1. The van der Waals surface area contributed by atoms with Crippen LogP contribution in [0.3, 0.4) is 0 Å². The van der Waals surface area contributed by atoms with Crippen LogP contribution in [0, 0.1) is 11.3 Å². The lowest BCUT2D eigenvalue weighted by atomic mass is 9.69. The molecule has 1 saturated heterocycles. The molecular weight excluding hydrogens is 264 g/mol. The van der Waals surface area contributed by atoms with Gasteiger partial charge in [-0.1, -0.05) is 33.6 Å². The molecule has 0 spiro atoms. The third-order valence-electron chi connectivity index (χ3n) is 5.06. The number of rotatable bonds is 6. The van der Waals surface area contributed by atoms with Crippen LogP contribution in [0.4, 0.5) is 0 Å². The Balaban J connectivity index is 1.97. The van der Waals surface area contributed by atoms with Gasteiger partial charge in [-0.2, -0.15) is 0 Å². The third kappa shape index (κ3) is 5.20. The summed E-state index contributed by atoms with van der Waals surface area (Å²) in [5, 5.41) is 13.0. The molecule has 4 heteroatoms. The molecule has 21 heavy (non-hydrogen) atoms. The first-order chi connectivity index (χ1) is 10.0. The van der Waals surface area contributed by atoms with E-state index in [2.05, 4.69) is 31.0 Å². The van der Waals surface area contributed by atoms with Gasteiger partial charge in [-0.15, -0.1) is 0 Å². The number of aliphatic hydroxyl groups excluding tert-OH is 1. The maximum Gasteiger partial charge on any atom is 0.0932 e. The lowest BCUT2D eigenvalue weighted by molar-refractivity contribution is -0.0672. The average molecular weight is 298 g/mol. The molecule has 4 nitrogen and oxygen atoms in total. The van der Waals surface area contributed by atoms with Crippen molar-refractivity contribution in [3.8, 4) is 0 Å². The molecule has 124 valence electrons. The first-order valence-corrected chi connectivity index (χ1v) is 8.71. The zero-order valence-electron chi connectivity index (χ0n) is 14.1. The van der Waals surface area contributed by atoms with E-state index >= 15 is 0 Å². The minimum atomic E-state index is 0.00914. The van der Waals surface area contributed by atoms with Crippen LogP contribution in [-0.4, -0.2) is 61.5 Å². The second-order valence-corrected chi connectivity index (χ2v) is 7.65. The fourth-order valence-corrected chi connectivity index (χ4v) is 4.06. The predicted octanol–water partition coefficient (Wildman–Crippen LogP) is 1.87. The van der Waals surface area contributed by atoms with Crippen molar-refractivity contribution in [3.05, 3.63) is 0 Å². The zero-order valence-corrected chi connectivity index (χ0v) is 14.1. The molecule has 1 aliphatic heterocycles. The minimum absolute atomic E-state index is 0.00914. The highest BCUT2D eigenvalue weighted by molar-refractivity contribution is 4.91. The standard InChI is InChI=1S/C17H34N2O2/c1-14(2)18-12-17(6-4-5-15(3)9-17)13-19-7-8-21-16(10-19)11-20/h14-16,18,20H,4-13H2,1-3H3. The molecular formula is C17H34N2O2. The van der Waals surface area contributed by atoms with Gasteiger partial charge < -0.3 is 15.2 Å². The summed E-state index contributed by atoms with van der Waals surface area (Å²) < 4.78 is 5.59. The molecule has 1 heterocycles. The van der Waals surface area contributed by atoms with Gasteiger partial charge in [0.1, 0.15) is 0 Å². The number of nitrogens with zero attached hydrogens (tertiary/aromatic N) is 1. The monoisotopic (exact) mass is 298 g/mol. The fraction of sp³-hybridized carbons (Fsp3) is 1.00. The zero-order chi connectivity index (χ0) is 15.3. The van der Waals surface area contributed by atoms with Crippen molar-refractivity contribution >= 4 is 0 Å². The SMILES string of the molecule is CC1CCCC(CNC(C)C)(CN2CCOC(CO)C2)C1. The first kappa shape index (κ1) is 17.2. The van der Waals surface area contributed by atoms with Crippen LogP contribution < -0.4 is 5.32 Å². The molecule has 2 rings (SSSR count). The van der Waals surface area contributed by atoms with Gasteiger partial charge in [0.25, 0.3) is 0 Å². The lowest BCUT2D eigenvalue weighted by Gasteiger charge is -2.45. The molecule has 3 atom stereocenters. The third-order valence-corrected chi connectivity index (χ3v) is 5.06. The van der Waals surface area contributed by atoms with E-state index in [9.17, 15) is 5.11 Å². The van der Waals surface area contributed by atoms with E-state index in [0.717, 1.165) is 38.7 Å². The molecule has 0 aromatic carbocycles. The minimum Gasteiger partial charge on any atom is -0.394 e. The van der Waals surface area contributed by atoms with E-state index < -0.39 is 0 Å². The maximum absolute atomic E-state index is 9.33. The van der Waals surface area contributed by atoms with Gasteiger partial charge in [-0.25, -0.2) is 0 Å². The van der Waals surface area contributed by atoms with Crippen LogP contribution in [0.25, 0.3) is 0 Å². The van der Waals surface area contributed by atoms with Crippen LogP contribution in [-0.2, 0) is 4.74 Å². The highest BCUT2D eigenvalue weighted by atomic mass is 16.5. The second kappa shape index (κ2) is 7.91. The highest BCUT2D eigenvalue weighted by Gasteiger charge is 2.37. The predicted molar refractivity (Wildman–Crippen MR) is 86.5 cm³/mol. The summed E-state index contributed by atoms with van der Waals surface area (Å²) in [5.74, 6) is 0.836. The molecule has 0 aromatic rings. The lowest BCUT2D eigenvalue weighted by Crippen LogP contribution is -2.52. The molecule has 2 aliphatic rings. The average Bonchev–Trinajstić information content (AvgIpc) is 2.45. The van der Waals surface area contributed by atoms with Gasteiger partial charge in [-0.05, 0) is 24.2 Å². The van der Waals surface area contributed by atoms with E-state index in [1.807, 2.05) is 0 Å². The molecule has 0 amide bonds. The highest BCUT2D eigenvalue weighted by Crippen LogP contribution is 2.40. The summed E-state index contributed by atoms with van der Waals surface area (Å²) in [7, 11) is 0. The van der Waals surface area contributed by atoms with Gasteiger partial charge in [0.05, 0.1) is 19.3 Å². The largest absolute Gasteiger partial charge is 0.394 e. The molecule has 2 fully saturated rings. The van der Waals surface area contributed by atoms with Crippen LogP contribution >= 0.6 is 0 Å². The van der Waals surface area contributed by atoms with Gasteiger partial charge in [0.15, 0.2) is 0 Å². The number of hydrogen-bond donors (Lipinski definition) is 2. The Morgan fingerprint density at radius 3 is 2.90 bits per heavy atom. The summed E-state index contributed by atoms with van der Waals surface area (Å²) in [6.45, 7) is 11.9. The molecule has 2 N–H and O–H groups in total. The van der Waals surface area contributed by atoms with Gasteiger partial charge in [0, 0.05) is 32.2 Å². The molecule has 0 radical (unpaired) electrons. The smallest absolute Gasteiger partial charge is 0.0932 e. The van der Waals surface area contributed by atoms with Crippen molar-refractivity contribution in [2.45, 2.75) is 58.6 Å². The van der Waals surface area contributed by atoms with Crippen molar-refractivity contribution in [2.75, 3.05) is 39.4 Å². The summed E-state index contributed by atoms with van der Waals surface area (Å²) in [6.07, 6.45) is 5.40. The van der Waals surface area contributed by atoms with Crippen LogP contribution in [0.15, 0.2) is 0 Å². The Hall–Kier alpha value is -0.160. The Labute approximate surface area is 130 Å². The van der Waals surface area contributed by atoms with E-state index in [4.69, 9.17) is 4.74 Å². The maximum atomic E-state index is 9.33. The van der Waals surface area contributed by atoms with Crippen molar-refractivity contribution in [1.82, 2.24) is 10.2 Å². The normalized spacial score (nSPS) is 35.3. The fourth-order valence-electron chi connectivity index (χ4n) is 4.06. The van der Waals surface area contributed by atoms with Gasteiger partial charge in [-0.3, -0.25) is 4.90 Å². The second-order valence-electron chi connectivity index (χ2n) is 7.65. The topological polar surface area (TPSA) is 44.7 Å². The number of morpholine rings is 1. The molecule has 0 bridgehead atoms. The van der Waals surface area contributed by atoms with E-state index in [1.54, 1.807) is 0 Å². The Kier molecular flexibility index (Phi) is 6.48. The summed E-state index contributed by atoms with van der Waals surface area (Å²) in [6, 6.07) is 0.550. The van der Waals surface area contributed by atoms with Crippen molar-refractivity contribution in [3.63, 3.8) is 0 Å². The number of hydrogen-bond acceptors (Lipinski definition) is 4. The number of ether oxygens (including phenoxy) is 1. The molecule has 3 unspecified atom stereocenters. The summed E-state index contributed by atoms with van der Waals surface area (Å²) in [5.41, 5.74) is 0.402. The Morgan fingerprint density at radius 1 is 1.43 bits per heavy atom. The number of aliphatic hydroxyl groups is 1. The molecule has 0 aromatic heterocycles. The van der Waals surface area contributed by atoms with Crippen molar-refractivity contribution in [2.24, 2.45) is 11.3 Å². The van der Waals surface area contributed by atoms with Crippen LogP contribution in [0.1, 0.15) is 46.5 Å². The summed E-state index contributed by atoms with van der Waals surface area (Å²) in [4.78, 5) is 2.52. The van der Waals surface area contributed by atoms with Gasteiger partial charge in [0.2, 0.25) is 0 Å². The van der Waals surface area contributed by atoms with E-state index in [1.165, 1.54) is 25.7 Å². The summed E-state index contributed by atoms with van der Waals surface area (Å²) >= 11 is 0.